The number of amides is 3. The maximum Gasteiger partial charge on any atom is 0.246 e. The van der Waals surface area contributed by atoms with Gasteiger partial charge in [0.2, 0.25) is 17.7 Å². The second-order valence-electron chi connectivity index (χ2n) is 7.35. The fraction of sp³-hybridized carbons (Fsp3) is 0.318. The number of nitrogens with one attached hydrogen (secondary N) is 2. The van der Waals surface area contributed by atoms with Crippen molar-refractivity contribution < 1.29 is 23.2 Å². The number of carbonyl (C=O) groups is 3. The van der Waals surface area contributed by atoms with Crippen LogP contribution in [-0.2, 0) is 14.4 Å². The van der Waals surface area contributed by atoms with Gasteiger partial charge in [-0.1, -0.05) is 18.2 Å². The lowest BCUT2D eigenvalue weighted by Crippen LogP contribution is -2.42. The quantitative estimate of drug-likeness (QED) is 0.788. The summed E-state index contributed by atoms with van der Waals surface area (Å²) in [7, 11) is 1.38. The molecule has 0 bridgehead atoms. The predicted molar refractivity (Wildman–Crippen MR) is 108 cm³/mol. The Balaban J connectivity index is 1.79. The van der Waals surface area contributed by atoms with Crippen LogP contribution in [0.4, 0.5) is 14.5 Å². The Kier molecular flexibility index (Phi) is 6.14. The fourth-order valence-electron chi connectivity index (χ4n) is 3.54. The zero-order valence-electron chi connectivity index (χ0n) is 17.0. The van der Waals surface area contributed by atoms with E-state index in [1.165, 1.54) is 13.1 Å². The van der Waals surface area contributed by atoms with E-state index in [0.29, 0.717) is 0 Å². The van der Waals surface area contributed by atoms with Crippen molar-refractivity contribution in [2.75, 3.05) is 18.5 Å². The van der Waals surface area contributed by atoms with Crippen LogP contribution >= 0.6 is 0 Å². The highest BCUT2D eigenvalue weighted by molar-refractivity contribution is 6.01. The molecule has 8 heteroatoms. The van der Waals surface area contributed by atoms with Crippen LogP contribution in [0, 0.1) is 31.4 Å². The minimum atomic E-state index is -1.21. The van der Waals surface area contributed by atoms with E-state index in [9.17, 15) is 23.2 Å². The zero-order valence-corrected chi connectivity index (χ0v) is 17.0. The molecule has 1 aliphatic heterocycles. The standard InChI is InChI=1S/C22H23F2N3O3/c1-12-5-4-6-18(13(12)2)27-11-15(10-19(27)28)21(29)26-20(22(30)25-3)14-7-8-16(23)17(24)9-14/h4-9,15,20H,10-11H2,1-3H3,(H,25,30)(H,26,29). The molecule has 1 saturated heterocycles. The smallest absolute Gasteiger partial charge is 0.246 e. The summed E-state index contributed by atoms with van der Waals surface area (Å²) in [5.74, 6) is -4.11. The Morgan fingerprint density at radius 3 is 2.53 bits per heavy atom. The lowest BCUT2D eigenvalue weighted by atomic mass is 10.0. The molecule has 0 spiro atoms. The van der Waals surface area contributed by atoms with E-state index in [1.807, 2.05) is 32.0 Å². The van der Waals surface area contributed by atoms with Gasteiger partial charge in [-0.25, -0.2) is 8.78 Å². The van der Waals surface area contributed by atoms with Gasteiger partial charge in [0, 0.05) is 25.7 Å². The van der Waals surface area contributed by atoms with Crippen molar-refractivity contribution in [2.45, 2.75) is 26.3 Å². The number of anilines is 1. The summed E-state index contributed by atoms with van der Waals surface area (Å²) in [4.78, 5) is 39.2. The zero-order chi connectivity index (χ0) is 22.0. The van der Waals surface area contributed by atoms with Crippen molar-refractivity contribution >= 4 is 23.4 Å². The molecule has 2 atom stereocenters. The lowest BCUT2D eigenvalue weighted by Gasteiger charge is -2.22. The first kappa shape index (κ1) is 21.4. The van der Waals surface area contributed by atoms with Crippen LogP contribution in [0.3, 0.4) is 0 Å². The number of hydrogen-bond donors (Lipinski definition) is 2. The first-order valence-electron chi connectivity index (χ1n) is 9.56. The second-order valence-corrected chi connectivity index (χ2v) is 7.35. The van der Waals surface area contributed by atoms with E-state index >= 15 is 0 Å². The molecule has 0 radical (unpaired) electrons. The van der Waals surface area contributed by atoms with Gasteiger partial charge in [-0.15, -0.1) is 0 Å². The van der Waals surface area contributed by atoms with Gasteiger partial charge >= 0.3 is 0 Å². The highest BCUT2D eigenvalue weighted by Crippen LogP contribution is 2.30. The number of halogens is 2. The topological polar surface area (TPSA) is 78.5 Å². The van der Waals surface area contributed by atoms with Crippen LogP contribution in [0.5, 0.6) is 0 Å². The summed E-state index contributed by atoms with van der Waals surface area (Å²) in [5.41, 5.74) is 2.85. The van der Waals surface area contributed by atoms with Crippen LogP contribution in [0.1, 0.15) is 29.2 Å². The summed E-state index contributed by atoms with van der Waals surface area (Å²) in [6, 6.07) is 7.42. The molecule has 2 aromatic rings. The maximum atomic E-state index is 13.6. The highest BCUT2D eigenvalue weighted by atomic mass is 19.2. The second kappa shape index (κ2) is 8.61. The summed E-state index contributed by atoms with van der Waals surface area (Å²) in [5, 5.41) is 4.98. The van der Waals surface area contributed by atoms with Crippen molar-refractivity contribution in [3.05, 3.63) is 64.7 Å². The number of carbonyl (C=O) groups excluding carboxylic acids is 3. The van der Waals surface area contributed by atoms with Gasteiger partial charge in [0.25, 0.3) is 0 Å². The van der Waals surface area contributed by atoms with Gasteiger partial charge in [0.15, 0.2) is 11.6 Å². The van der Waals surface area contributed by atoms with Crippen molar-refractivity contribution in [3.63, 3.8) is 0 Å². The van der Waals surface area contributed by atoms with Gasteiger partial charge in [0.1, 0.15) is 6.04 Å². The molecule has 158 valence electrons. The van der Waals surface area contributed by atoms with Crippen molar-refractivity contribution in [1.82, 2.24) is 10.6 Å². The normalized spacial score (nSPS) is 17.0. The Labute approximate surface area is 173 Å². The number of likely N-dealkylation sites (N-methyl/N-ethyl adjacent to an activating group) is 1. The first-order valence-corrected chi connectivity index (χ1v) is 9.56. The summed E-state index contributed by atoms with van der Waals surface area (Å²) in [6.07, 6.45) is -0.00252. The van der Waals surface area contributed by atoms with E-state index in [2.05, 4.69) is 10.6 Å². The van der Waals surface area contributed by atoms with E-state index in [1.54, 1.807) is 4.90 Å². The molecule has 2 aromatic carbocycles. The van der Waals surface area contributed by atoms with Crippen LogP contribution < -0.4 is 15.5 Å². The molecule has 0 aliphatic carbocycles. The Morgan fingerprint density at radius 2 is 1.87 bits per heavy atom. The molecule has 0 aromatic heterocycles. The van der Waals surface area contributed by atoms with Crippen LogP contribution in [-0.4, -0.2) is 31.3 Å². The minimum absolute atomic E-state index is 0.00252. The average Bonchev–Trinajstić information content (AvgIpc) is 3.11. The van der Waals surface area contributed by atoms with Crippen molar-refractivity contribution in [3.8, 4) is 0 Å². The largest absolute Gasteiger partial charge is 0.357 e. The van der Waals surface area contributed by atoms with Gasteiger partial charge < -0.3 is 15.5 Å². The SMILES string of the molecule is CNC(=O)C(NC(=O)C1CC(=O)N(c2cccc(C)c2C)C1)c1ccc(F)c(F)c1. The minimum Gasteiger partial charge on any atom is -0.357 e. The highest BCUT2D eigenvalue weighted by Gasteiger charge is 2.37. The molecule has 3 amide bonds. The number of hydrogen-bond acceptors (Lipinski definition) is 3. The molecule has 2 N–H and O–H groups in total. The van der Waals surface area contributed by atoms with Gasteiger partial charge in [0.05, 0.1) is 5.92 Å². The Bertz CT molecular complexity index is 1010. The molecular formula is C22H23F2N3O3. The third kappa shape index (κ3) is 4.17. The van der Waals surface area contributed by atoms with E-state index in [0.717, 1.165) is 28.9 Å². The van der Waals surface area contributed by atoms with Crippen LogP contribution in [0.25, 0.3) is 0 Å². The summed E-state index contributed by atoms with van der Waals surface area (Å²) >= 11 is 0. The molecule has 2 unspecified atom stereocenters. The van der Waals surface area contributed by atoms with Gasteiger partial charge in [-0.05, 0) is 48.7 Å². The Hall–Kier alpha value is -3.29. The molecular weight excluding hydrogens is 392 g/mol. The van der Waals surface area contributed by atoms with Crippen molar-refractivity contribution in [1.29, 1.82) is 0 Å². The molecule has 0 saturated carbocycles. The average molecular weight is 415 g/mol. The molecule has 1 aliphatic rings. The summed E-state index contributed by atoms with van der Waals surface area (Å²) < 4.78 is 26.9. The number of aryl methyl sites for hydroxylation is 1. The fourth-order valence-corrected chi connectivity index (χ4v) is 3.54. The van der Waals surface area contributed by atoms with E-state index in [4.69, 9.17) is 0 Å². The lowest BCUT2D eigenvalue weighted by molar-refractivity contribution is -0.131. The van der Waals surface area contributed by atoms with Crippen LogP contribution in [0.15, 0.2) is 36.4 Å². The van der Waals surface area contributed by atoms with Crippen molar-refractivity contribution in [2.24, 2.45) is 5.92 Å². The molecule has 1 heterocycles. The summed E-state index contributed by atoms with van der Waals surface area (Å²) in [6.45, 7) is 4.03. The third-order valence-corrected chi connectivity index (χ3v) is 5.43. The monoisotopic (exact) mass is 415 g/mol. The van der Waals surface area contributed by atoms with Gasteiger partial charge in [-0.3, -0.25) is 14.4 Å². The third-order valence-electron chi connectivity index (χ3n) is 5.43. The molecule has 6 nitrogen and oxygen atoms in total. The van der Waals surface area contributed by atoms with E-state index in [-0.39, 0.29) is 24.4 Å². The molecule has 30 heavy (non-hydrogen) atoms. The number of nitrogens with zero attached hydrogens (tertiary/aromatic N) is 1. The van der Waals surface area contributed by atoms with E-state index < -0.39 is 35.4 Å². The first-order chi connectivity index (χ1) is 14.2. The maximum absolute atomic E-state index is 13.6. The van der Waals surface area contributed by atoms with Crippen LogP contribution in [0.2, 0.25) is 0 Å². The van der Waals surface area contributed by atoms with Gasteiger partial charge in [-0.2, -0.15) is 0 Å². The molecule has 1 fully saturated rings. The number of rotatable bonds is 5. The number of benzene rings is 2. The predicted octanol–water partition coefficient (Wildman–Crippen LogP) is 2.54. The Morgan fingerprint density at radius 1 is 1.13 bits per heavy atom. The molecule has 3 rings (SSSR count).